The first-order chi connectivity index (χ1) is 5.72. The average molecular weight is 166 g/mol. The second-order valence-corrected chi connectivity index (χ2v) is 2.83. The molecule has 0 radical (unpaired) electrons. The summed E-state index contributed by atoms with van der Waals surface area (Å²) in [6.07, 6.45) is 0. The standard InChI is InChI=1S/C9H14N2O/c1-7(6-10)11-8-2-4-9(12)5-3-8/h2-5,7,11-12H,6,10H2,1H3. The zero-order valence-electron chi connectivity index (χ0n) is 7.12. The highest BCUT2D eigenvalue weighted by Gasteiger charge is 1.97. The third-order valence-corrected chi connectivity index (χ3v) is 1.63. The minimum absolute atomic E-state index is 0.259. The molecule has 0 aromatic heterocycles. The third-order valence-electron chi connectivity index (χ3n) is 1.63. The summed E-state index contributed by atoms with van der Waals surface area (Å²) in [4.78, 5) is 0. The lowest BCUT2D eigenvalue weighted by atomic mass is 10.2. The molecule has 0 aliphatic heterocycles. The lowest BCUT2D eigenvalue weighted by Crippen LogP contribution is -2.24. The Morgan fingerprint density at radius 1 is 1.42 bits per heavy atom. The van der Waals surface area contributed by atoms with Crippen LogP contribution < -0.4 is 11.1 Å². The maximum atomic E-state index is 9.00. The Bertz CT molecular complexity index is 233. The first-order valence-corrected chi connectivity index (χ1v) is 3.98. The van der Waals surface area contributed by atoms with E-state index in [0.717, 1.165) is 5.69 Å². The van der Waals surface area contributed by atoms with Crippen LogP contribution in [0, 0.1) is 0 Å². The van der Waals surface area contributed by atoms with E-state index in [-0.39, 0.29) is 11.8 Å². The Morgan fingerprint density at radius 3 is 2.50 bits per heavy atom. The van der Waals surface area contributed by atoms with Gasteiger partial charge in [0.15, 0.2) is 0 Å². The minimum atomic E-state index is 0.259. The van der Waals surface area contributed by atoms with Crippen LogP contribution in [0.1, 0.15) is 6.92 Å². The van der Waals surface area contributed by atoms with Gasteiger partial charge in [-0.25, -0.2) is 0 Å². The van der Waals surface area contributed by atoms with E-state index in [1.165, 1.54) is 0 Å². The van der Waals surface area contributed by atoms with Crippen LogP contribution in [0.3, 0.4) is 0 Å². The van der Waals surface area contributed by atoms with Crippen LogP contribution in [0.4, 0.5) is 5.69 Å². The molecule has 0 aliphatic rings. The predicted octanol–water partition coefficient (Wildman–Crippen LogP) is 1.15. The summed E-state index contributed by atoms with van der Waals surface area (Å²) in [5, 5.41) is 12.2. The summed E-state index contributed by atoms with van der Waals surface area (Å²) in [5.41, 5.74) is 6.42. The number of nitrogens with one attached hydrogen (secondary N) is 1. The maximum absolute atomic E-state index is 9.00. The number of hydrogen-bond acceptors (Lipinski definition) is 3. The van der Waals surface area contributed by atoms with E-state index in [1.807, 2.05) is 19.1 Å². The highest BCUT2D eigenvalue weighted by Crippen LogP contribution is 2.13. The van der Waals surface area contributed by atoms with Gasteiger partial charge < -0.3 is 16.2 Å². The molecule has 0 saturated carbocycles. The van der Waals surface area contributed by atoms with Crippen LogP contribution in [0.2, 0.25) is 0 Å². The second-order valence-electron chi connectivity index (χ2n) is 2.83. The molecule has 0 saturated heterocycles. The summed E-state index contributed by atoms with van der Waals surface area (Å²) >= 11 is 0. The first kappa shape index (κ1) is 8.87. The van der Waals surface area contributed by atoms with Gasteiger partial charge in [-0.15, -0.1) is 0 Å². The smallest absolute Gasteiger partial charge is 0.115 e. The average Bonchev–Trinajstić information content (AvgIpc) is 2.09. The predicted molar refractivity (Wildman–Crippen MR) is 50.2 cm³/mol. The molecule has 1 aromatic carbocycles. The van der Waals surface area contributed by atoms with Crippen molar-refractivity contribution < 1.29 is 5.11 Å². The molecule has 1 rings (SSSR count). The molecule has 3 nitrogen and oxygen atoms in total. The molecule has 0 amide bonds. The van der Waals surface area contributed by atoms with Crippen LogP contribution in [-0.2, 0) is 0 Å². The Morgan fingerprint density at radius 2 is 2.00 bits per heavy atom. The van der Waals surface area contributed by atoms with E-state index in [9.17, 15) is 0 Å². The van der Waals surface area contributed by atoms with Crippen LogP contribution in [0.15, 0.2) is 24.3 Å². The van der Waals surface area contributed by atoms with Crippen LogP contribution in [0.5, 0.6) is 5.75 Å². The molecule has 0 fully saturated rings. The van der Waals surface area contributed by atoms with Crippen molar-refractivity contribution in [2.24, 2.45) is 5.73 Å². The Balaban J connectivity index is 2.58. The van der Waals surface area contributed by atoms with E-state index in [4.69, 9.17) is 10.8 Å². The van der Waals surface area contributed by atoms with Crippen LogP contribution in [0.25, 0.3) is 0 Å². The number of anilines is 1. The normalized spacial score (nSPS) is 12.5. The Kier molecular flexibility index (Phi) is 2.94. The maximum Gasteiger partial charge on any atom is 0.115 e. The second kappa shape index (κ2) is 3.97. The van der Waals surface area contributed by atoms with Crippen molar-refractivity contribution in [1.82, 2.24) is 0 Å². The molecule has 0 heterocycles. The molecular weight excluding hydrogens is 152 g/mol. The first-order valence-electron chi connectivity index (χ1n) is 3.98. The van der Waals surface area contributed by atoms with Gasteiger partial charge in [0.05, 0.1) is 0 Å². The largest absolute Gasteiger partial charge is 0.508 e. The molecule has 12 heavy (non-hydrogen) atoms. The van der Waals surface area contributed by atoms with Crippen molar-refractivity contribution in [3.05, 3.63) is 24.3 Å². The van der Waals surface area contributed by atoms with E-state index < -0.39 is 0 Å². The van der Waals surface area contributed by atoms with Crippen LogP contribution >= 0.6 is 0 Å². The van der Waals surface area contributed by atoms with E-state index in [2.05, 4.69) is 5.32 Å². The molecule has 0 spiro atoms. The molecule has 0 aliphatic carbocycles. The van der Waals surface area contributed by atoms with Gasteiger partial charge in [0.2, 0.25) is 0 Å². The number of aromatic hydroxyl groups is 1. The van der Waals surface area contributed by atoms with Crippen molar-refractivity contribution in [2.45, 2.75) is 13.0 Å². The third kappa shape index (κ3) is 2.43. The molecule has 4 N–H and O–H groups in total. The van der Waals surface area contributed by atoms with Crippen molar-refractivity contribution in [1.29, 1.82) is 0 Å². The number of nitrogens with two attached hydrogens (primary N) is 1. The minimum Gasteiger partial charge on any atom is -0.508 e. The zero-order valence-corrected chi connectivity index (χ0v) is 7.12. The van der Waals surface area contributed by atoms with Crippen molar-refractivity contribution >= 4 is 5.69 Å². The summed E-state index contributed by atoms with van der Waals surface area (Å²) < 4.78 is 0. The van der Waals surface area contributed by atoms with Gasteiger partial charge in [0.1, 0.15) is 5.75 Å². The van der Waals surface area contributed by atoms with Gasteiger partial charge in [-0.3, -0.25) is 0 Å². The highest BCUT2D eigenvalue weighted by molar-refractivity contribution is 5.46. The molecule has 1 atom stereocenters. The molecule has 1 aromatic rings. The topological polar surface area (TPSA) is 58.3 Å². The number of benzene rings is 1. The molecule has 66 valence electrons. The van der Waals surface area contributed by atoms with Gasteiger partial charge in [0, 0.05) is 18.3 Å². The van der Waals surface area contributed by atoms with Gasteiger partial charge in [0.25, 0.3) is 0 Å². The fourth-order valence-corrected chi connectivity index (χ4v) is 0.901. The van der Waals surface area contributed by atoms with Crippen molar-refractivity contribution in [2.75, 3.05) is 11.9 Å². The van der Waals surface area contributed by atoms with Crippen molar-refractivity contribution in [3.8, 4) is 5.75 Å². The van der Waals surface area contributed by atoms with Gasteiger partial charge >= 0.3 is 0 Å². The number of phenolic OH excluding ortho intramolecular Hbond substituents is 1. The number of rotatable bonds is 3. The van der Waals surface area contributed by atoms with Crippen molar-refractivity contribution in [3.63, 3.8) is 0 Å². The molecular formula is C9H14N2O. The summed E-state index contributed by atoms with van der Waals surface area (Å²) in [5.74, 6) is 0.279. The zero-order chi connectivity index (χ0) is 8.97. The Labute approximate surface area is 72.2 Å². The van der Waals surface area contributed by atoms with E-state index >= 15 is 0 Å². The lowest BCUT2D eigenvalue weighted by molar-refractivity contribution is 0.475. The summed E-state index contributed by atoms with van der Waals surface area (Å²) in [6, 6.07) is 7.19. The monoisotopic (exact) mass is 166 g/mol. The number of hydrogen-bond donors (Lipinski definition) is 3. The summed E-state index contributed by atoms with van der Waals surface area (Å²) in [6.45, 7) is 2.60. The van der Waals surface area contributed by atoms with Gasteiger partial charge in [-0.2, -0.15) is 0 Å². The molecule has 1 unspecified atom stereocenters. The van der Waals surface area contributed by atoms with E-state index in [1.54, 1.807) is 12.1 Å². The lowest BCUT2D eigenvalue weighted by Gasteiger charge is -2.12. The SMILES string of the molecule is CC(CN)Nc1ccc(O)cc1. The molecule has 3 heteroatoms. The molecule has 0 bridgehead atoms. The number of phenols is 1. The highest BCUT2D eigenvalue weighted by atomic mass is 16.3. The quantitative estimate of drug-likeness (QED) is 0.590. The van der Waals surface area contributed by atoms with Gasteiger partial charge in [-0.1, -0.05) is 0 Å². The Hall–Kier alpha value is -1.22. The fourth-order valence-electron chi connectivity index (χ4n) is 0.901. The van der Waals surface area contributed by atoms with E-state index in [0.29, 0.717) is 6.54 Å². The van der Waals surface area contributed by atoms with Gasteiger partial charge in [-0.05, 0) is 31.2 Å². The van der Waals surface area contributed by atoms with Crippen LogP contribution in [-0.4, -0.2) is 17.7 Å². The fraction of sp³-hybridized carbons (Fsp3) is 0.333. The summed E-state index contributed by atoms with van der Waals surface area (Å²) in [7, 11) is 0.